The third-order valence-corrected chi connectivity index (χ3v) is 3.36. The molecule has 2 aromatic rings. The molecule has 1 N–H and O–H groups in total. The summed E-state index contributed by atoms with van der Waals surface area (Å²) in [5.41, 5.74) is 1.41. The predicted octanol–water partition coefficient (Wildman–Crippen LogP) is 3.48. The summed E-state index contributed by atoms with van der Waals surface area (Å²) in [6, 6.07) is 3.50. The zero-order chi connectivity index (χ0) is 11.0. The molecule has 0 saturated heterocycles. The highest BCUT2D eigenvalue weighted by Gasteiger charge is 2.11. The van der Waals surface area contributed by atoms with Gasteiger partial charge in [-0.15, -0.1) is 0 Å². The van der Waals surface area contributed by atoms with Crippen molar-refractivity contribution in [2.75, 3.05) is 7.11 Å². The lowest BCUT2D eigenvalue weighted by molar-refractivity contribution is 0.0601. The van der Waals surface area contributed by atoms with Crippen LogP contribution in [0.3, 0.4) is 0 Å². The molecule has 2 rings (SSSR count). The molecule has 0 bridgehead atoms. The number of carbonyl (C=O) groups excluding carboxylic acids is 1. The third kappa shape index (κ3) is 1.81. The minimum atomic E-state index is -0.344. The van der Waals surface area contributed by atoms with Crippen molar-refractivity contribution in [1.29, 1.82) is 0 Å². The van der Waals surface area contributed by atoms with E-state index in [1.807, 2.05) is 6.20 Å². The molecule has 1 aromatic carbocycles. The molecule has 1 aromatic heterocycles. The van der Waals surface area contributed by atoms with Crippen LogP contribution in [0.25, 0.3) is 10.9 Å². The lowest BCUT2D eigenvalue weighted by atomic mass is 10.2. The second-order valence-corrected chi connectivity index (χ2v) is 4.72. The van der Waals surface area contributed by atoms with Gasteiger partial charge in [0.2, 0.25) is 0 Å². The Morgan fingerprint density at radius 3 is 2.73 bits per heavy atom. The smallest absolute Gasteiger partial charge is 0.337 e. The summed E-state index contributed by atoms with van der Waals surface area (Å²) < 4.78 is 6.48. The van der Waals surface area contributed by atoms with Crippen molar-refractivity contribution in [3.63, 3.8) is 0 Å². The molecule has 0 unspecified atom stereocenters. The van der Waals surface area contributed by atoms with Crippen molar-refractivity contribution < 1.29 is 9.53 Å². The van der Waals surface area contributed by atoms with Gasteiger partial charge in [0.1, 0.15) is 0 Å². The fraction of sp³-hybridized carbons (Fsp3) is 0.100. The van der Waals surface area contributed by atoms with E-state index in [9.17, 15) is 4.79 Å². The van der Waals surface area contributed by atoms with Gasteiger partial charge >= 0.3 is 5.97 Å². The van der Waals surface area contributed by atoms with Crippen LogP contribution in [0.5, 0.6) is 0 Å². The number of hydrogen-bond donors (Lipinski definition) is 1. The Bertz CT molecular complexity index is 533. The normalized spacial score (nSPS) is 10.6. The highest BCUT2D eigenvalue weighted by molar-refractivity contribution is 9.11. The monoisotopic (exact) mass is 331 g/mol. The lowest BCUT2D eigenvalue weighted by Crippen LogP contribution is -2.00. The maximum absolute atomic E-state index is 11.3. The Hall–Kier alpha value is -0.810. The number of nitrogens with one attached hydrogen (secondary N) is 1. The van der Waals surface area contributed by atoms with Gasteiger partial charge in [-0.25, -0.2) is 4.79 Å². The second kappa shape index (κ2) is 3.98. The zero-order valence-corrected chi connectivity index (χ0v) is 11.0. The van der Waals surface area contributed by atoms with E-state index in [2.05, 4.69) is 41.6 Å². The summed E-state index contributed by atoms with van der Waals surface area (Å²) in [6.45, 7) is 0. The number of aromatic amines is 1. The van der Waals surface area contributed by atoms with Crippen molar-refractivity contribution in [3.05, 3.63) is 32.8 Å². The molecular weight excluding hydrogens is 326 g/mol. The van der Waals surface area contributed by atoms with E-state index in [1.165, 1.54) is 7.11 Å². The SMILES string of the molecule is COC(=O)c1cc(Br)c2c(Br)c[nH]c2c1. The first-order chi connectivity index (χ1) is 7.13. The number of benzene rings is 1. The van der Waals surface area contributed by atoms with E-state index in [0.717, 1.165) is 19.8 Å². The molecule has 0 aliphatic heterocycles. The number of methoxy groups -OCH3 is 1. The third-order valence-electron chi connectivity index (χ3n) is 2.10. The number of carbonyl (C=O) groups is 1. The van der Waals surface area contributed by atoms with Gasteiger partial charge in [0.15, 0.2) is 0 Å². The average molecular weight is 333 g/mol. The minimum Gasteiger partial charge on any atom is -0.465 e. The molecule has 0 saturated carbocycles. The molecule has 15 heavy (non-hydrogen) atoms. The van der Waals surface area contributed by atoms with Crippen molar-refractivity contribution >= 4 is 48.7 Å². The molecule has 3 nitrogen and oxygen atoms in total. The van der Waals surface area contributed by atoms with Crippen LogP contribution in [-0.2, 0) is 4.74 Å². The van der Waals surface area contributed by atoms with Crippen LogP contribution in [-0.4, -0.2) is 18.1 Å². The van der Waals surface area contributed by atoms with Gasteiger partial charge in [-0.1, -0.05) is 15.9 Å². The predicted molar refractivity (Wildman–Crippen MR) is 65.0 cm³/mol. The number of rotatable bonds is 1. The van der Waals surface area contributed by atoms with Gasteiger partial charge in [-0.05, 0) is 28.1 Å². The lowest BCUT2D eigenvalue weighted by Gasteiger charge is -2.01. The van der Waals surface area contributed by atoms with E-state index in [0.29, 0.717) is 5.56 Å². The minimum absolute atomic E-state index is 0.344. The fourth-order valence-corrected chi connectivity index (χ4v) is 2.89. The topological polar surface area (TPSA) is 42.1 Å². The Balaban J connectivity index is 2.68. The van der Waals surface area contributed by atoms with Crippen molar-refractivity contribution in [2.24, 2.45) is 0 Å². The van der Waals surface area contributed by atoms with Crippen LogP contribution < -0.4 is 0 Å². The highest BCUT2D eigenvalue weighted by atomic mass is 79.9. The molecule has 0 fully saturated rings. The highest BCUT2D eigenvalue weighted by Crippen LogP contribution is 2.31. The van der Waals surface area contributed by atoms with Gasteiger partial charge in [0, 0.05) is 26.0 Å². The Labute approximate surface area is 103 Å². The van der Waals surface area contributed by atoms with Gasteiger partial charge in [-0.2, -0.15) is 0 Å². The van der Waals surface area contributed by atoms with Gasteiger partial charge in [0.05, 0.1) is 12.7 Å². The van der Waals surface area contributed by atoms with E-state index in [1.54, 1.807) is 12.1 Å². The van der Waals surface area contributed by atoms with Crippen LogP contribution in [0, 0.1) is 0 Å². The van der Waals surface area contributed by atoms with Crippen LogP contribution in [0.4, 0.5) is 0 Å². The van der Waals surface area contributed by atoms with E-state index in [-0.39, 0.29) is 5.97 Å². The molecule has 78 valence electrons. The maximum atomic E-state index is 11.3. The summed E-state index contributed by atoms with van der Waals surface area (Å²) in [7, 11) is 1.37. The quantitative estimate of drug-likeness (QED) is 0.812. The summed E-state index contributed by atoms with van der Waals surface area (Å²) >= 11 is 6.84. The summed E-state index contributed by atoms with van der Waals surface area (Å²) in [5.74, 6) is -0.344. The number of fused-ring (bicyclic) bond motifs is 1. The molecule has 0 atom stereocenters. The number of ether oxygens (including phenoxy) is 1. The van der Waals surface area contributed by atoms with Gasteiger partial charge < -0.3 is 9.72 Å². The van der Waals surface area contributed by atoms with Crippen molar-refractivity contribution in [1.82, 2.24) is 4.98 Å². The number of halogens is 2. The summed E-state index contributed by atoms with van der Waals surface area (Å²) in [4.78, 5) is 14.4. The van der Waals surface area contributed by atoms with E-state index < -0.39 is 0 Å². The average Bonchev–Trinajstić information content (AvgIpc) is 2.59. The number of aromatic nitrogens is 1. The summed E-state index contributed by atoms with van der Waals surface area (Å²) in [5, 5.41) is 1.02. The molecule has 0 amide bonds. The maximum Gasteiger partial charge on any atom is 0.337 e. The fourth-order valence-electron chi connectivity index (χ4n) is 1.41. The molecular formula is C10H7Br2NO2. The molecule has 5 heteroatoms. The van der Waals surface area contributed by atoms with Crippen LogP contribution >= 0.6 is 31.9 Å². The zero-order valence-electron chi connectivity index (χ0n) is 7.80. The van der Waals surface area contributed by atoms with Gasteiger partial charge in [-0.3, -0.25) is 0 Å². The van der Waals surface area contributed by atoms with Crippen LogP contribution in [0.1, 0.15) is 10.4 Å². The molecule has 1 heterocycles. The van der Waals surface area contributed by atoms with E-state index in [4.69, 9.17) is 0 Å². The molecule has 0 aliphatic rings. The first kappa shape index (κ1) is 10.7. The van der Waals surface area contributed by atoms with Crippen molar-refractivity contribution in [3.8, 4) is 0 Å². The van der Waals surface area contributed by atoms with E-state index >= 15 is 0 Å². The first-order valence-electron chi connectivity index (χ1n) is 4.18. The van der Waals surface area contributed by atoms with Crippen LogP contribution in [0.15, 0.2) is 27.3 Å². The second-order valence-electron chi connectivity index (χ2n) is 3.01. The number of hydrogen-bond acceptors (Lipinski definition) is 2. The largest absolute Gasteiger partial charge is 0.465 e. The Morgan fingerprint density at radius 2 is 2.07 bits per heavy atom. The number of H-pyrrole nitrogens is 1. The molecule has 0 aliphatic carbocycles. The Morgan fingerprint density at radius 1 is 1.33 bits per heavy atom. The first-order valence-corrected chi connectivity index (χ1v) is 5.76. The van der Waals surface area contributed by atoms with Gasteiger partial charge in [0.25, 0.3) is 0 Å². The van der Waals surface area contributed by atoms with Crippen molar-refractivity contribution in [2.45, 2.75) is 0 Å². The summed E-state index contributed by atoms with van der Waals surface area (Å²) in [6.07, 6.45) is 1.83. The Kier molecular flexibility index (Phi) is 2.84. The standard InChI is InChI=1S/C10H7Br2NO2/c1-15-10(14)5-2-6(11)9-7(12)4-13-8(9)3-5/h2-4,13H,1H3. The van der Waals surface area contributed by atoms with Crippen LogP contribution in [0.2, 0.25) is 0 Å². The molecule has 0 radical (unpaired) electrons. The number of esters is 1. The molecule has 0 spiro atoms.